The number of hydrogen-bond donors (Lipinski definition) is 1. The van der Waals surface area contributed by atoms with Crippen molar-refractivity contribution in [1.82, 2.24) is 19.7 Å². The molecule has 0 atom stereocenters. The van der Waals surface area contributed by atoms with Gasteiger partial charge < -0.3 is 5.32 Å². The van der Waals surface area contributed by atoms with E-state index >= 15 is 0 Å². The van der Waals surface area contributed by atoms with Gasteiger partial charge in [-0.3, -0.25) is 4.68 Å². The van der Waals surface area contributed by atoms with Crippen molar-refractivity contribution < 1.29 is 0 Å². The van der Waals surface area contributed by atoms with Crippen molar-refractivity contribution in [3.63, 3.8) is 0 Å². The highest BCUT2D eigenvalue weighted by molar-refractivity contribution is 14.1. The molecule has 0 aromatic carbocycles. The number of rotatable bonds is 4. The number of anilines is 1. The Hall–Kier alpha value is -1.18. The lowest BCUT2D eigenvalue weighted by Gasteiger charge is -2.11. The molecule has 0 spiro atoms. The molecule has 6 heteroatoms. The summed E-state index contributed by atoms with van der Waals surface area (Å²) in [5.74, 6) is 1.67. The van der Waals surface area contributed by atoms with Crippen LogP contribution in [0, 0.1) is 24.3 Å². The Morgan fingerprint density at radius 3 is 2.40 bits per heavy atom. The second-order valence-corrected chi connectivity index (χ2v) is 5.97. The molecule has 2 rings (SSSR count). The van der Waals surface area contributed by atoms with Gasteiger partial charge in [0.05, 0.1) is 20.5 Å². The molecular formula is C14H20IN5. The first kappa shape index (κ1) is 15.2. The van der Waals surface area contributed by atoms with Crippen LogP contribution in [0.1, 0.15) is 30.4 Å². The van der Waals surface area contributed by atoms with E-state index in [9.17, 15) is 0 Å². The van der Waals surface area contributed by atoms with E-state index in [0.717, 1.165) is 50.8 Å². The highest BCUT2D eigenvalue weighted by atomic mass is 127. The molecular weight excluding hydrogens is 365 g/mol. The van der Waals surface area contributed by atoms with Gasteiger partial charge in [-0.1, -0.05) is 6.92 Å². The molecule has 0 fully saturated rings. The molecule has 0 radical (unpaired) electrons. The zero-order valence-corrected chi connectivity index (χ0v) is 14.7. The Labute approximate surface area is 133 Å². The molecule has 0 saturated heterocycles. The summed E-state index contributed by atoms with van der Waals surface area (Å²) < 4.78 is 2.96. The molecule has 2 aromatic heterocycles. The lowest BCUT2D eigenvalue weighted by molar-refractivity contribution is 0.731. The summed E-state index contributed by atoms with van der Waals surface area (Å²) in [5.41, 5.74) is 4.08. The predicted molar refractivity (Wildman–Crippen MR) is 89.9 cm³/mol. The first-order valence-electron chi connectivity index (χ1n) is 6.74. The van der Waals surface area contributed by atoms with Gasteiger partial charge in [0.1, 0.15) is 5.82 Å². The number of nitrogens with one attached hydrogen (secondary N) is 1. The average Bonchev–Trinajstić information content (AvgIpc) is 2.65. The van der Waals surface area contributed by atoms with E-state index in [4.69, 9.17) is 4.98 Å². The number of nitrogens with zero attached hydrogens (tertiary/aromatic N) is 4. The molecule has 5 nitrogen and oxygen atoms in total. The molecule has 0 saturated carbocycles. The van der Waals surface area contributed by atoms with Gasteiger partial charge in [-0.25, -0.2) is 9.97 Å². The van der Waals surface area contributed by atoms with Crippen LogP contribution >= 0.6 is 22.6 Å². The zero-order chi connectivity index (χ0) is 14.9. The summed E-state index contributed by atoms with van der Waals surface area (Å²) >= 11 is 2.29. The fourth-order valence-electron chi connectivity index (χ4n) is 2.13. The van der Waals surface area contributed by atoms with E-state index in [0.29, 0.717) is 0 Å². The van der Waals surface area contributed by atoms with Crippen molar-refractivity contribution in [2.75, 3.05) is 11.9 Å². The molecule has 0 amide bonds. The molecule has 0 unspecified atom stereocenters. The maximum Gasteiger partial charge on any atom is 0.165 e. The van der Waals surface area contributed by atoms with Crippen LogP contribution in [0.3, 0.4) is 0 Å². The third-order valence-corrected chi connectivity index (χ3v) is 4.58. The largest absolute Gasteiger partial charge is 0.369 e. The minimum Gasteiger partial charge on any atom is -0.369 e. The Bertz CT molecular complexity index is 633. The number of aryl methyl sites for hydroxylation is 3. The quantitative estimate of drug-likeness (QED) is 0.822. The normalized spacial score (nSPS) is 10.9. The van der Waals surface area contributed by atoms with E-state index in [1.54, 1.807) is 0 Å². The summed E-state index contributed by atoms with van der Waals surface area (Å²) in [5, 5.41) is 7.82. The minimum atomic E-state index is 0.754. The Morgan fingerprint density at radius 1 is 1.15 bits per heavy atom. The maximum absolute atomic E-state index is 4.69. The average molecular weight is 385 g/mol. The first-order chi connectivity index (χ1) is 9.45. The zero-order valence-electron chi connectivity index (χ0n) is 12.6. The smallest absolute Gasteiger partial charge is 0.165 e. The van der Waals surface area contributed by atoms with Crippen LogP contribution in [-0.4, -0.2) is 26.3 Å². The fourth-order valence-corrected chi connectivity index (χ4v) is 2.56. The van der Waals surface area contributed by atoms with Crippen LogP contribution in [-0.2, 0) is 7.05 Å². The third-order valence-electron chi connectivity index (χ3n) is 3.29. The van der Waals surface area contributed by atoms with Crippen molar-refractivity contribution in [2.45, 2.75) is 34.1 Å². The van der Waals surface area contributed by atoms with Crippen molar-refractivity contribution in [3.8, 4) is 11.4 Å². The van der Waals surface area contributed by atoms with Crippen LogP contribution in [0.4, 0.5) is 5.82 Å². The topological polar surface area (TPSA) is 55.6 Å². The van der Waals surface area contributed by atoms with Crippen molar-refractivity contribution in [1.29, 1.82) is 0 Å². The monoisotopic (exact) mass is 385 g/mol. The van der Waals surface area contributed by atoms with E-state index < -0.39 is 0 Å². The molecule has 2 aromatic rings. The third kappa shape index (κ3) is 2.79. The van der Waals surface area contributed by atoms with Crippen LogP contribution < -0.4 is 5.32 Å². The summed E-state index contributed by atoms with van der Waals surface area (Å²) in [6, 6.07) is 0. The van der Waals surface area contributed by atoms with E-state index in [-0.39, 0.29) is 0 Å². The number of hydrogen-bond acceptors (Lipinski definition) is 4. The lowest BCUT2D eigenvalue weighted by atomic mass is 10.2. The highest BCUT2D eigenvalue weighted by Gasteiger charge is 2.17. The second-order valence-electron chi connectivity index (χ2n) is 4.89. The summed E-state index contributed by atoms with van der Waals surface area (Å²) in [6.07, 6.45) is 1.07. The van der Waals surface area contributed by atoms with Crippen molar-refractivity contribution in [2.24, 2.45) is 7.05 Å². The van der Waals surface area contributed by atoms with Gasteiger partial charge in [-0.2, -0.15) is 5.10 Å². The van der Waals surface area contributed by atoms with Crippen molar-refractivity contribution in [3.05, 3.63) is 20.7 Å². The van der Waals surface area contributed by atoms with E-state index in [2.05, 4.69) is 44.9 Å². The first-order valence-corrected chi connectivity index (χ1v) is 7.82. The molecule has 0 aliphatic heterocycles. The van der Waals surface area contributed by atoms with Crippen LogP contribution in [0.5, 0.6) is 0 Å². The fraction of sp³-hybridized carbons (Fsp3) is 0.500. The number of halogens is 1. The molecule has 2 heterocycles. The SMILES string of the molecule is CCCNc1nc(-c2c(C)nn(C)c2C)nc(C)c1I. The van der Waals surface area contributed by atoms with Gasteiger partial charge in [-0.15, -0.1) is 0 Å². The van der Waals surface area contributed by atoms with Crippen molar-refractivity contribution >= 4 is 28.4 Å². The van der Waals surface area contributed by atoms with Crippen LogP contribution in [0.15, 0.2) is 0 Å². The minimum absolute atomic E-state index is 0.754. The van der Waals surface area contributed by atoms with E-state index in [1.807, 2.05) is 32.5 Å². The highest BCUT2D eigenvalue weighted by Crippen LogP contribution is 2.27. The summed E-state index contributed by atoms with van der Waals surface area (Å²) in [6.45, 7) is 9.12. The molecule has 0 aliphatic rings. The molecule has 20 heavy (non-hydrogen) atoms. The van der Waals surface area contributed by atoms with Crippen LogP contribution in [0.2, 0.25) is 0 Å². The van der Waals surface area contributed by atoms with Gasteiger partial charge in [0.15, 0.2) is 5.82 Å². The van der Waals surface area contributed by atoms with Gasteiger partial charge in [-0.05, 0) is 49.8 Å². The van der Waals surface area contributed by atoms with Gasteiger partial charge in [0, 0.05) is 19.3 Å². The number of aromatic nitrogens is 4. The van der Waals surface area contributed by atoms with Crippen LogP contribution in [0.25, 0.3) is 11.4 Å². The molecule has 0 bridgehead atoms. The van der Waals surface area contributed by atoms with Gasteiger partial charge in [0.2, 0.25) is 0 Å². The Balaban J connectivity index is 2.54. The molecule has 1 N–H and O–H groups in total. The molecule has 108 valence electrons. The van der Waals surface area contributed by atoms with Gasteiger partial charge in [0.25, 0.3) is 0 Å². The lowest BCUT2D eigenvalue weighted by Crippen LogP contribution is -2.08. The standard InChI is InChI=1S/C14H20IN5/c1-6-7-16-14-12(15)9(3)17-13(18-14)11-8(2)19-20(5)10(11)4/h6-7H2,1-5H3,(H,16,17,18). The summed E-state index contributed by atoms with van der Waals surface area (Å²) in [4.78, 5) is 9.33. The summed E-state index contributed by atoms with van der Waals surface area (Å²) in [7, 11) is 1.95. The maximum atomic E-state index is 4.69. The molecule has 0 aliphatic carbocycles. The van der Waals surface area contributed by atoms with E-state index in [1.165, 1.54) is 0 Å². The predicted octanol–water partition coefficient (Wildman–Crippen LogP) is 3.23. The van der Waals surface area contributed by atoms with Gasteiger partial charge >= 0.3 is 0 Å². The Kier molecular flexibility index (Phi) is 4.62. The Morgan fingerprint density at radius 2 is 1.85 bits per heavy atom. The second kappa shape index (κ2) is 6.07.